The summed E-state index contributed by atoms with van der Waals surface area (Å²) in [7, 11) is 3.24. The van der Waals surface area contributed by atoms with Crippen LogP contribution >= 0.6 is 0 Å². The van der Waals surface area contributed by atoms with Gasteiger partial charge in [-0.2, -0.15) is 0 Å². The van der Waals surface area contributed by atoms with E-state index in [0.29, 0.717) is 6.61 Å². The van der Waals surface area contributed by atoms with Crippen LogP contribution in [0.25, 0.3) is 0 Å². The zero-order valence-corrected chi connectivity index (χ0v) is 9.97. The van der Waals surface area contributed by atoms with Crippen LogP contribution in [-0.4, -0.2) is 32.9 Å². The molecular formula is C12H16N2O3. The smallest absolute Gasteiger partial charge is 0.282 e. The molecule has 1 aliphatic rings. The van der Waals surface area contributed by atoms with E-state index >= 15 is 0 Å². The van der Waals surface area contributed by atoms with Gasteiger partial charge in [0.15, 0.2) is 11.5 Å². The molecule has 0 saturated carbocycles. The minimum Gasteiger partial charge on any atom is -0.493 e. The first-order valence-electron chi connectivity index (χ1n) is 5.40. The summed E-state index contributed by atoms with van der Waals surface area (Å²) in [4.78, 5) is 4.18. The lowest BCUT2D eigenvalue weighted by Crippen LogP contribution is -2.11. The van der Waals surface area contributed by atoms with E-state index < -0.39 is 0 Å². The summed E-state index contributed by atoms with van der Waals surface area (Å²) < 4.78 is 15.5. The monoisotopic (exact) mass is 236 g/mol. The van der Waals surface area contributed by atoms with Crippen molar-refractivity contribution in [3.63, 3.8) is 0 Å². The molecular weight excluding hydrogens is 220 g/mol. The maximum absolute atomic E-state index is 5.46. The first kappa shape index (κ1) is 11.6. The van der Waals surface area contributed by atoms with Crippen molar-refractivity contribution in [1.82, 2.24) is 0 Å². The van der Waals surface area contributed by atoms with Crippen LogP contribution in [-0.2, 0) is 11.2 Å². The number of rotatable bonds is 4. The average molecular weight is 236 g/mol. The van der Waals surface area contributed by atoms with E-state index in [1.807, 2.05) is 18.2 Å². The number of nitrogens with zero attached hydrogens (tertiary/aromatic N) is 1. The highest BCUT2D eigenvalue weighted by Gasteiger charge is 2.17. The highest BCUT2D eigenvalue weighted by molar-refractivity contribution is 5.73. The lowest BCUT2D eigenvalue weighted by atomic mass is 10.1. The van der Waals surface area contributed by atoms with Crippen LogP contribution in [0.2, 0.25) is 0 Å². The summed E-state index contributed by atoms with van der Waals surface area (Å²) in [5, 5.41) is 0. The molecule has 0 amide bonds. The van der Waals surface area contributed by atoms with Gasteiger partial charge in [-0.05, 0) is 24.1 Å². The van der Waals surface area contributed by atoms with Gasteiger partial charge in [0.25, 0.3) is 6.02 Å². The molecule has 5 heteroatoms. The molecule has 1 heterocycles. The van der Waals surface area contributed by atoms with E-state index in [1.54, 1.807) is 14.2 Å². The molecule has 0 spiro atoms. The molecule has 2 rings (SSSR count). The normalized spacial score (nSPS) is 18.5. The topological polar surface area (TPSA) is 66.1 Å². The Morgan fingerprint density at radius 2 is 2.12 bits per heavy atom. The second kappa shape index (κ2) is 4.95. The molecule has 17 heavy (non-hydrogen) atoms. The van der Waals surface area contributed by atoms with E-state index in [-0.39, 0.29) is 12.1 Å². The fourth-order valence-electron chi connectivity index (χ4n) is 1.82. The Morgan fingerprint density at radius 3 is 2.71 bits per heavy atom. The van der Waals surface area contributed by atoms with Crippen LogP contribution in [0.5, 0.6) is 11.5 Å². The SMILES string of the molecule is COc1ccc(CC2COC(N)=N2)cc1OC. The van der Waals surface area contributed by atoms with Crippen molar-refractivity contribution in [3.05, 3.63) is 23.8 Å². The van der Waals surface area contributed by atoms with Crippen molar-refractivity contribution in [2.45, 2.75) is 12.5 Å². The van der Waals surface area contributed by atoms with Crippen LogP contribution < -0.4 is 15.2 Å². The summed E-state index contributed by atoms with van der Waals surface area (Å²) in [5.41, 5.74) is 6.58. The van der Waals surface area contributed by atoms with Gasteiger partial charge < -0.3 is 19.9 Å². The van der Waals surface area contributed by atoms with E-state index in [2.05, 4.69) is 4.99 Å². The lowest BCUT2D eigenvalue weighted by Gasteiger charge is -2.10. The van der Waals surface area contributed by atoms with Crippen molar-refractivity contribution in [1.29, 1.82) is 0 Å². The average Bonchev–Trinajstić information content (AvgIpc) is 2.74. The Morgan fingerprint density at radius 1 is 1.35 bits per heavy atom. The second-order valence-corrected chi connectivity index (χ2v) is 3.83. The molecule has 5 nitrogen and oxygen atoms in total. The molecule has 0 saturated heterocycles. The molecule has 0 aromatic heterocycles. The van der Waals surface area contributed by atoms with Crippen molar-refractivity contribution >= 4 is 6.02 Å². The van der Waals surface area contributed by atoms with Gasteiger partial charge in [0, 0.05) is 0 Å². The Labute approximate surface area is 100 Å². The van der Waals surface area contributed by atoms with Gasteiger partial charge in [0.2, 0.25) is 0 Å². The van der Waals surface area contributed by atoms with Crippen molar-refractivity contribution in [3.8, 4) is 11.5 Å². The number of aliphatic imine (C=N–C) groups is 1. The molecule has 0 radical (unpaired) electrons. The first-order valence-corrected chi connectivity index (χ1v) is 5.40. The summed E-state index contributed by atoms with van der Waals surface area (Å²) in [6.07, 6.45) is 0.779. The van der Waals surface area contributed by atoms with Crippen LogP contribution in [0.3, 0.4) is 0 Å². The van der Waals surface area contributed by atoms with Crippen LogP contribution in [0.4, 0.5) is 0 Å². The Balaban J connectivity index is 2.11. The number of nitrogens with two attached hydrogens (primary N) is 1. The van der Waals surface area contributed by atoms with Crippen LogP contribution in [0, 0.1) is 0 Å². The maximum atomic E-state index is 5.46. The van der Waals surface area contributed by atoms with Crippen molar-refractivity contribution in [2.75, 3.05) is 20.8 Å². The fourth-order valence-corrected chi connectivity index (χ4v) is 1.82. The Kier molecular flexibility index (Phi) is 3.37. The quantitative estimate of drug-likeness (QED) is 0.845. The van der Waals surface area contributed by atoms with Gasteiger partial charge in [-0.15, -0.1) is 0 Å². The summed E-state index contributed by atoms with van der Waals surface area (Å²) in [6, 6.07) is 6.19. The second-order valence-electron chi connectivity index (χ2n) is 3.83. The molecule has 1 atom stereocenters. The van der Waals surface area contributed by atoms with Crippen molar-refractivity contribution < 1.29 is 14.2 Å². The van der Waals surface area contributed by atoms with Gasteiger partial charge in [-0.25, -0.2) is 4.99 Å². The molecule has 2 N–H and O–H groups in total. The minimum atomic E-state index is 0.0908. The number of hydrogen-bond acceptors (Lipinski definition) is 5. The van der Waals surface area contributed by atoms with Gasteiger partial charge in [-0.1, -0.05) is 6.07 Å². The summed E-state index contributed by atoms with van der Waals surface area (Å²) >= 11 is 0. The molecule has 1 aromatic carbocycles. The Bertz CT molecular complexity index is 432. The maximum Gasteiger partial charge on any atom is 0.282 e. The van der Waals surface area contributed by atoms with Gasteiger partial charge in [-0.3, -0.25) is 0 Å². The van der Waals surface area contributed by atoms with E-state index in [9.17, 15) is 0 Å². The lowest BCUT2D eigenvalue weighted by molar-refractivity contribution is 0.312. The molecule has 1 aliphatic heterocycles. The number of amidine groups is 1. The van der Waals surface area contributed by atoms with E-state index in [0.717, 1.165) is 23.5 Å². The third-order valence-corrected chi connectivity index (χ3v) is 2.65. The number of ether oxygens (including phenoxy) is 3. The predicted molar refractivity (Wildman–Crippen MR) is 64.6 cm³/mol. The summed E-state index contributed by atoms with van der Waals surface area (Å²) in [5.74, 6) is 1.45. The van der Waals surface area contributed by atoms with Gasteiger partial charge in [0.05, 0.1) is 20.3 Å². The molecule has 0 fully saturated rings. The molecule has 92 valence electrons. The summed E-state index contributed by atoms with van der Waals surface area (Å²) in [6.45, 7) is 0.542. The third-order valence-electron chi connectivity index (χ3n) is 2.65. The predicted octanol–water partition coefficient (Wildman–Crippen LogP) is 0.960. The highest BCUT2D eigenvalue weighted by atomic mass is 16.5. The molecule has 0 bridgehead atoms. The number of benzene rings is 1. The molecule has 0 aliphatic carbocycles. The van der Waals surface area contributed by atoms with Crippen LogP contribution in [0.15, 0.2) is 23.2 Å². The van der Waals surface area contributed by atoms with E-state index in [1.165, 1.54) is 0 Å². The van der Waals surface area contributed by atoms with Gasteiger partial charge in [0.1, 0.15) is 6.61 Å². The third kappa shape index (κ3) is 2.61. The Hall–Kier alpha value is -1.91. The number of methoxy groups -OCH3 is 2. The van der Waals surface area contributed by atoms with Gasteiger partial charge >= 0.3 is 0 Å². The van der Waals surface area contributed by atoms with E-state index in [4.69, 9.17) is 19.9 Å². The zero-order chi connectivity index (χ0) is 12.3. The fraction of sp³-hybridized carbons (Fsp3) is 0.417. The zero-order valence-electron chi connectivity index (χ0n) is 9.97. The minimum absolute atomic E-state index is 0.0908. The molecule has 1 aromatic rings. The highest BCUT2D eigenvalue weighted by Crippen LogP contribution is 2.28. The largest absolute Gasteiger partial charge is 0.493 e. The molecule has 1 unspecified atom stereocenters. The van der Waals surface area contributed by atoms with Crippen molar-refractivity contribution in [2.24, 2.45) is 10.7 Å². The van der Waals surface area contributed by atoms with Crippen LogP contribution in [0.1, 0.15) is 5.56 Å². The standard InChI is InChI=1S/C12H16N2O3/c1-15-10-4-3-8(6-11(10)16-2)5-9-7-17-12(13)14-9/h3-4,6,9H,5,7H2,1-2H3,(H2,13,14). The number of hydrogen-bond donors (Lipinski definition) is 1. The first-order chi connectivity index (χ1) is 8.22.